The molecule has 1 saturated carbocycles. The first-order chi connectivity index (χ1) is 13.0. The Morgan fingerprint density at radius 2 is 1.96 bits per heavy atom. The van der Waals surface area contributed by atoms with Gasteiger partial charge in [0.2, 0.25) is 0 Å². The van der Waals surface area contributed by atoms with Gasteiger partial charge in [-0.15, -0.1) is 0 Å². The number of aromatic nitrogens is 1. The molecule has 0 bridgehead atoms. The molecule has 0 radical (unpaired) electrons. The van der Waals surface area contributed by atoms with E-state index < -0.39 is 5.97 Å². The van der Waals surface area contributed by atoms with Crippen molar-refractivity contribution >= 4 is 22.9 Å². The number of amides is 2. The van der Waals surface area contributed by atoms with Crippen molar-refractivity contribution < 1.29 is 14.7 Å². The highest BCUT2D eigenvalue weighted by molar-refractivity contribution is 5.83. The second-order valence-electron chi connectivity index (χ2n) is 7.10. The van der Waals surface area contributed by atoms with Crippen molar-refractivity contribution in [1.82, 2.24) is 20.1 Å². The third-order valence-electron chi connectivity index (χ3n) is 5.41. The molecule has 3 rings (SSSR count). The second kappa shape index (κ2) is 8.43. The van der Waals surface area contributed by atoms with Gasteiger partial charge in [0.25, 0.3) is 0 Å². The maximum absolute atomic E-state index is 12.7. The largest absolute Gasteiger partial charge is 0.480 e. The summed E-state index contributed by atoms with van der Waals surface area (Å²) >= 11 is 0. The summed E-state index contributed by atoms with van der Waals surface area (Å²) in [7, 11) is 0. The molecule has 3 N–H and O–H groups in total. The van der Waals surface area contributed by atoms with Crippen LogP contribution in [0.3, 0.4) is 0 Å². The number of fused-ring (bicyclic) bond motifs is 1. The molecule has 2 aromatic rings. The van der Waals surface area contributed by atoms with E-state index >= 15 is 0 Å². The fourth-order valence-corrected chi connectivity index (χ4v) is 3.74. The van der Waals surface area contributed by atoms with Crippen LogP contribution in [0, 0.1) is 0 Å². The van der Waals surface area contributed by atoms with E-state index in [0.717, 1.165) is 29.3 Å². The molecule has 1 aliphatic rings. The minimum atomic E-state index is -0.805. The molecule has 0 aliphatic heterocycles. The number of carbonyl (C=O) groups is 2. The van der Waals surface area contributed by atoms with E-state index in [1.165, 1.54) is 0 Å². The van der Waals surface area contributed by atoms with E-state index in [2.05, 4.69) is 16.4 Å². The molecule has 1 aromatic carbocycles. The first-order valence-electron chi connectivity index (χ1n) is 9.58. The maximum Gasteiger partial charge on any atom is 0.317 e. The standard InChI is InChI=1S/C20H28N4O3/c1-3-23(13-19(25)26)16-9-15(10-16)22-20(27)24(4-2)12-14-11-21-18-8-6-5-7-17(14)18/h5-8,11,15-16,21H,3-4,9-10,12-13H2,1-2H3,(H,22,27)(H,25,26). The Hall–Kier alpha value is -2.54. The summed E-state index contributed by atoms with van der Waals surface area (Å²) in [4.78, 5) is 30.6. The zero-order valence-electron chi connectivity index (χ0n) is 15.9. The number of likely N-dealkylation sites (N-methyl/N-ethyl adjacent to an activating group) is 1. The number of hydrogen-bond acceptors (Lipinski definition) is 3. The molecule has 27 heavy (non-hydrogen) atoms. The lowest BCUT2D eigenvalue weighted by atomic mass is 9.85. The molecule has 0 spiro atoms. The number of urea groups is 1. The number of rotatable bonds is 8. The van der Waals surface area contributed by atoms with Crippen LogP contribution in [0.25, 0.3) is 10.9 Å². The van der Waals surface area contributed by atoms with Crippen molar-refractivity contribution in [2.75, 3.05) is 19.6 Å². The summed E-state index contributed by atoms with van der Waals surface area (Å²) in [5.41, 5.74) is 2.18. The highest BCUT2D eigenvalue weighted by Crippen LogP contribution is 2.26. The maximum atomic E-state index is 12.7. The fraction of sp³-hybridized carbons (Fsp3) is 0.500. The summed E-state index contributed by atoms with van der Waals surface area (Å²) in [6.45, 7) is 5.89. The van der Waals surface area contributed by atoms with Gasteiger partial charge in [0.05, 0.1) is 6.54 Å². The van der Waals surface area contributed by atoms with Gasteiger partial charge in [0.15, 0.2) is 0 Å². The summed E-state index contributed by atoms with van der Waals surface area (Å²) in [5, 5.41) is 13.2. The lowest BCUT2D eigenvalue weighted by Gasteiger charge is -2.42. The van der Waals surface area contributed by atoms with Crippen LogP contribution in [0.15, 0.2) is 30.5 Å². The Kier molecular flexibility index (Phi) is 6.01. The van der Waals surface area contributed by atoms with Gasteiger partial charge in [-0.3, -0.25) is 9.69 Å². The molecular weight excluding hydrogens is 344 g/mol. The number of aromatic amines is 1. The van der Waals surface area contributed by atoms with E-state index in [1.54, 1.807) is 4.90 Å². The molecule has 0 saturated heterocycles. The number of H-pyrrole nitrogens is 1. The van der Waals surface area contributed by atoms with E-state index in [9.17, 15) is 9.59 Å². The van der Waals surface area contributed by atoms with Gasteiger partial charge in [-0.25, -0.2) is 4.79 Å². The molecule has 0 unspecified atom stereocenters. The zero-order chi connectivity index (χ0) is 19.4. The fourth-order valence-electron chi connectivity index (χ4n) is 3.74. The molecule has 7 heteroatoms. The van der Waals surface area contributed by atoms with Gasteiger partial charge < -0.3 is 20.3 Å². The van der Waals surface area contributed by atoms with Gasteiger partial charge in [-0.2, -0.15) is 0 Å². The van der Waals surface area contributed by atoms with Crippen LogP contribution in [-0.4, -0.2) is 63.6 Å². The summed E-state index contributed by atoms with van der Waals surface area (Å²) in [6, 6.07) is 8.37. The summed E-state index contributed by atoms with van der Waals surface area (Å²) in [5.74, 6) is -0.805. The van der Waals surface area contributed by atoms with Crippen molar-refractivity contribution in [3.8, 4) is 0 Å². The highest BCUT2D eigenvalue weighted by atomic mass is 16.4. The normalized spacial score (nSPS) is 19.1. The SMILES string of the molecule is CCN(Cc1c[nH]c2ccccc12)C(=O)NC1CC(N(CC)CC(=O)O)C1. The minimum absolute atomic E-state index is 0.0590. The zero-order valence-corrected chi connectivity index (χ0v) is 15.9. The number of nitrogens with zero attached hydrogens (tertiary/aromatic N) is 2. The van der Waals surface area contributed by atoms with Crippen LogP contribution in [-0.2, 0) is 11.3 Å². The molecular formula is C20H28N4O3. The molecule has 1 aliphatic carbocycles. The third kappa shape index (κ3) is 4.42. The van der Waals surface area contributed by atoms with Crippen LogP contribution in [0.2, 0.25) is 0 Å². The highest BCUT2D eigenvalue weighted by Gasteiger charge is 2.35. The van der Waals surface area contributed by atoms with Crippen molar-refractivity contribution in [2.24, 2.45) is 0 Å². The van der Waals surface area contributed by atoms with Crippen LogP contribution in [0.1, 0.15) is 32.3 Å². The van der Waals surface area contributed by atoms with Crippen LogP contribution >= 0.6 is 0 Å². The Labute approximate surface area is 159 Å². The average molecular weight is 372 g/mol. The number of aliphatic carboxylic acids is 1. The predicted molar refractivity (Wildman–Crippen MR) is 105 cm³/mol. The monoisotopic (exact) mass is 372 g/mol. The first-order valence-corrected chi connectivity index (χ1v) is 9.58. The van der Waals surface area contributed by atoms with Crippen molar-refractivity contribution in [3.63, 3.8) is 0 Å². The van der Waals surface area contributed by atoms with Gasteiger partial charge >= 0.3 is 12.0 Å². The van der Waals surface area contributed by atoms with Crippen LogP contribution in [0.4, 0.5) is 4.79 Å². The number of benzene rings is 1. The van der Waals surface area contributed by atoms with Gasteiger partial charge in [0.1, 0.15) is 0 Å². The Morgan fingerprint density at radius 3 is 2.63 bits per heavy atom. The van der Waals surface area contributed by atoms with Gasteiger partial charge in [-0.05, 0) is 37.9 Å². The Balaban J connectivity index is 1.53. The first kappa shape index (κ1) is 19.2. The number of carboxylic acid groups (broad SMARTS) is 1. The molecule has 1 fully saturated rings. The molecule has 1 heterocycles. The number of carboxylic acids is 1. The third-order valence-corrected chi connectivity index (χ3v) is 5.41. The molecule has 1 aromatic heterocycles. The number of carbonyl (C=O) groups excluding carboxylic acids is 1. The number of para-hydroxylation sites is 1. The molecule has 7 nitrogen and oxygen atoms in total. The van der Waals surface area contributed by atoms with E-state index in [4.69, 9.17) is 5.11 Å². The van der Waals surface area contributed by atoms with E-state index in [-0.39, 0.29) is 24.7 Å². The summed E-state index contributed by atoms with van der Waals surface area (Å²) < 4.78 is 0. The van der Waals surface area contributed by atoms with Crippen LogP contribution < -0.4 is 5.32 Å². The Morgan fingerprint density at radius 1 is 1.22 bits per heavy atom. The average Bonchev–Trinajstić information content (AvgIpc) is 3.03. The lowest BCUT2D eigenvalue weighted by molar-refractivity contribution is -0.139. The molecule has 2 amide bonds. The summed E-state index contributed by atoms with van der Waals surface area (Å²) in [6.07, 6.45) is 3.57. The smallest absolute Gasteiger partial charge is 0.317 e. The predicted octanol–water partition coefficient (Wildman–Crippen LogP) is 2.64. The van der Waals surface area contributed by atoms with Gasteiger partial charge in [-0.1, -0.05) is 25.1 Å². The lowest BCUT2D eigenvalue weighted by Crippen LogP contribution is -2.56. The van der Waals surface area contributed by atoms with Gasteiger partial charge in [0, 0.05) is 42.3 Å². The van der Waals surface area contributed by atoms with Crippen molar-refractivity contribution in [2.45, 2.75) is 45.3 Å². The minimum Gasteiger partial charge on any atom is -0.480 e. The number of nitrogens with one attached hydrogen (secondary N) is 2. The molecule has 0 atom stereocenters. The Bertz CT molecular complexity index is 797. The van der Waals surface area contributed by atoms with Crippen molar-refractivity contribution in [1.29, 1.82) is 0 Å². The van der Waals surface area contributed by atoms with E-state index in [1.807, 2.05) is 43.1 Å². The topological polar surface area (TPSA) is 88.7 Å². The second-order valence-corrected chi connectivity index (χ2v) is 7.10. The van der Waals surface area contributed by atoms with Crippen molar-refractivity contribution in [3.05, 3.63) is 36.0 Å². The number of hydrogen-bond donors (Lipinski definition) is 3. The van der Waals surface area contributed by atoms with Crippen LogP contribution in [0.5, 0.6) is 0 Å². The van der Waals surface area contributed by atoms with E-state index in [0.29, 0.717) is 19.6 Å². The molecule has 146 valence electrons. The quantitative estimate of drug-likeness (QED) is 0.665.